The van der Waals surface area contributed by atoms with E-state index in [1.54, 1.807) is 0 Å². The Balaban J connectivity index is 2.39. The summed E-state index contributed by atoms with van der Waals surface area (Å²) < 4.78 is 0.499. The van der Waals surface area contributed by atoms with Crippen LogP contribution >= 0.6 is 24.0 Å². The van der Waals surface area contributed by atoms with Crippen LogP contribution in [0.5, 0.6) is 0 Å². The first-order valence-electron chi connectivity index (χ1n) is 5.69. The van der Waals surface area contributed by atoms with Gasteiger partial charge in [0.1, 0.15) is 10.4 Å². The maximum atomic E-state index is 11.4. The molecule has 0 bridgehead atoms. The van der Waals surface area contributed by atoms with Gasteiger partial charge in [-0.3, -0.25) is 19.8 Å². The van der Waals surface area contributed by atoms with Crippen LogP contribution < -0.4 is 11.1 Å². The number of carbonyl (C=O) groups is 2. The van der Waals surface area contributed by atoms with E-state index >= 15 is 0 Å². The number of hydrogen-bond acceptors (Lipinski definition) is 6. The third-order valence-corrected chi connectivity index (χ3v) is 4.01. The third kappa shape index (κ3) is 4.52. The highest BCUT2D eigenvalue weighted by atomic mass is 32.2. The fourth-order valence-corrected chi connectivity index (χ4v) is 2.61. The number of rotatable bonds is 8. The van der Waals surface area contributed by atoms with Crippen LogP contribution in [-0.4, -0.2) is 51.2 Å². The fourth-order valence-electron chi connectivity index (χ4n) is 1.54. The van der Waals surface area contributed by atoms with Gasteiger partial charge in [0.2, 0.25) is 5.91 Å². The summed E-state index contributed by atoms with van der Waals surface area (Å²) in [6.45, 7) is 0.710. The van der Waals surface area contributed by atoms with E-state index in [0.717, 1.165) is 12.8 Å². The Morgan fingerprint density at radius 3 is 2.83 bits per heavy atom. The molecule has 1 aliphatic heterocycles. The molecule has 0 aliphatic carbocycles. The van der Waals surface area contributed by atoms with Crippen LogP contribution in [0.15, 0.2) is 0 Å². The van der Waals surface area contributed by atoms with E-state index in [-0.39, 0.29) is 12.6 Å². The molecule has 0 aromatic heterocycles. The van der Waals surface area contributed by atoms with Gasteiger partial charge in [0, 0.05) is 0 Å². The summed E-state index contributed by atoms with van der Waals surface area (Å²) in [6.07, 6.45) is 2.03. The van der Waals surface area contributed by atoms with Crippen molar-refractivity contribution < 1.29 is 14.7 Å². The molecule has 1 aliphatic rings. The lowest BCUT2D eigenvalue weighted by atomic mass is 10.1. The Hall–Kier alpha value is -0.700. The van der Waals surface area contributed by atoms with Gasteiger partial charge >= 0.3 is 5.97 Å². The van der Waals surface area contributed by atoms with Crippen molar-refractivity contribution in [3.8, 4) is 0 Å². The number of hydrogen-bond donors (Lipinski definition) is 3. The lowest BCUT2D eigenvalue weighted by molar-refractivity contribution is -0.140. The van der Waals surface area contributed by atoms with Gasteiger partial charge in [-0.15, -0.1) is 0 Å². The number of thioether (sulfide) groups is 1. The van der Waals surface area contributed by atoms with Crippen molar-refractivity contribution >= 4 is 40.2 Å². The molecule has 8 heteroatoms. The summed E-state index contributed by atoms with van der Waals surface area (Å²) in [5, 5.41) is 11.9. The number of amides is 1. The summed E-state index contributed by atoms with van der Waals surface area (Å²) in [6, 6.07) is -0.669. The van der Waals surface area contributed by atoms with E-state index in [9.17, 15) is 9.59 Å². The van der Waals surface area contributed by atoms with E-state index in [0.29, 0.717) is 23.0 Å². The first-order chi connectivity index (χ1) is 8.56. The van der Waals surface area contributed by atoms with E-state index in [2.05, 4.69) is 5.32 Å². The SMILES string of the molecule is NCCCCC(NCN1C(=O)CSC1=S)C(=O)O. The van der Waals surface area contributed by atoms with Crippen LogP contribution in [0.4, 0.5) is 0 Å². The van der Waals surface area contributed by atoms with Gasteiger partial charge in [-0.05, 0) is 19.4 Å². The maximum absolute atomic E-state index is 11.4. The molecule has 0 aromatic carbocycles. The Morgan fingerprint density at radius 1 is 1.61 bits per heavy atom. The van der Waals surface area contributed by atoms with Gasteiger partial charge in [-0.2, -0.15) is 0 Å². The Labute approximate surface area is 115 Å². The number of carbonyl (C=O) groups excluding carboxylic acids is 1. The minimum absolute atomic E-state index is 0.0800. The normalized spacial score (nSPS) is 17.3. The van der Waals surface area contributed by atoms with Gasteiger partial charge in [-0.1, -0.05) is 30.4 Å². The predicted molar refractivity (Wildman–Crippen MR) is 74.2 cm³/mol. The fraction of sp³-hybridized carbons (Fsp3) is 0.700. The standard InChI is InChI=1S/C10H17N3O3S2/c11-4-2-1-3-7(9(15)16)12-6-13-8(14)5-18-10(13)17/h7,12H,1-6,11H2,(H,15,16). The second-order valence-electron chi connectivity index (χ2n) is 3.91. The number of aliphatic carboxylic acids is 1. The lowest BCUT2D eigenvalue weighted by Gasteiger charge is -2.20. The molecule has 1 atom stereocenters. The first-order valence-corrected chi connectivity index (χ1v) is 7.09. The molecular formula is C10H17N3O3S2. The van der Waals surface area contributed by atoms with Crippen LogP contribution in [0.2, 0.25) is 0 Å². The molecule has 1 unspecified atom stereocenters. The largest absolute Gasteiger partial charge is 0.480 e. The number of nitrogens with one attached hydrogen (secondary N) is 1. The second kappa shape index (κ2) is 7.67. The number of nitrogens with two attached hydrogens (primary N) is 1. The molecule has 1 rings (SSSR count). The first kappa shape index (κ1) is 15.4. The number of nitrogens with zero attached hydrogens (tertiary/aromatic N) is 1. The molecule has 1 heterocycles. The van der Waals surface area contributed by atoms with Crippen LogP contribution in [0.1, 0.15) is 19.3 Å². The third-order valence-electron chi connectivity index (χ3n) is 2.58. The Bertz CT molecular complexity index is 322. The molecule has 1 amide bonds. The topological polar surface area (TPSA) is 95.7 Å². The van der Waals surface area contributed by atoms with Crippen LogP contribution in [0.3, 0.4) is 0 Å². The van der Waals surface area contributed by atoms with Crippen molar-refractivity contribution in [2.75, 3.05) is 19.0 Å². The van der Waals surface area contributed by atoms with Crippen molar-refractivity contribution in [3.63, 3.8) is 0 Å². The van der Waals surface area contributed by atoms with E-state index in [1.807, 2.05) is 0 Å². The van der Waals surface area contributed by atoms with Gasteiger partial charge in [0.05, 0.1) is 12.4 Å². The van der Waals surface area contributed by atoms with E-state index in [1.165, 1.54) is 16.7 Å². The average Bonchev–Trinajstić information content (AvgIpc) is 2.64. The highest BCUT2D eigenvalue weighted by molar-refractivity contribution is 8.23. The maximum Gasteiger partial charge on any atom is 0.320 e. The zero-order valence-corrected chi connectivity index (χ0v) is 11.6. The summed E-state index contributed by atoms with van der Waals surface area (Å²) in [7, 11) is 0. The Morgan fingerprint density at radius 2 is 2.33 bits per heavy atom. The van der Waals surface area contributed by atoms with Crippen molar-refractivity contribution in [3.05, 3.63) is 0 Å². The van der Waals surface area contributed by atoms with Gasteiger partial charge < -0.3 is 10.8 Å². The average molecular weight is 291 g/mol. The molecule has 0 radical (unpaired) electrons. The molecule has 1 saturated heterocycles. The highest BCUT2D eigenvalue weighted by Crippen LogP contribution is 2.18. The summed E-state index contributed by atoms with van der Waals surface area (Å²) in [5.41, 5.74) is 5.36. The molecule has 1 fully saturated rings. The van der Waals surface area contributed by atoms with Crippen LogP contribution in [0, 0.1) is 0 Å². The molecule has 0 saturated carbocycles. The zero-order chi connectivity index (χ0) is 13.5. The number of carboxylic acid groups (broad SMARTS) is 1. The van der Waals surface area contributed by atoms with E-state index < -0.39 is 12.0 Å². The minimum Gasteiger partial charge on any atom is -0.480 e. The zero-order valence-electron chi connectivity index (χ0n) is 9.92. The molecule has 0 spiro atoms. The minimum atomic E-state index is -0.919. The van der Waals surface area contributed by atoms with E-state index in [4.69, 9.17) is 23.1 Å². The molecular weight excluding hydrogens is 274 g/mol. The molecule has 4 N–H and O–H groups in total. The number of thiocarbonyl (C=S) groups is 1. The smallest absolute Gasteiger partial charge is 0.320 e. The molecule has 0 aromatic rings. The van der Waals surface area contributed by atoms with Crippen LogP contribution in [-0.2, 0) is 9.59 Å². The molecule has 102 valence electrons. The van der Waals surface area contributed by atoms with Crippen molar-refractivity contribution in [1.82, 2.24) is 10.2 Å². The molecule has 18 heavy (non-hydrogen) atoms. The van der Waals surface area contributed by atoms with Crippen molar-refractivity contribution in [1.29, 1.82) is 0 Å². The van der Waals surface area contributed by atoms with Crippen molar-refractivity contribution in [2.24, 2.45) is 5.73 Å². The number of unbranched alkanes of at least 4 members (excludes halogenated alkanes) is 1. The molecule has 6 nitrogen and oxygen atoms in total. The highest BCUT2D eigenvalue weighted by Gasteiger charge is 2.27. The predicted octanol–water partition coefficient (Wildman–Crippen LogP) is -0.0240. The van der Waals surface area contributed by atoms with Crippen molar-refractivity contribution in [2.45, 2.75) is 25.3 Å². The monoisotopic (exact) mass is 291 g/mol. The van der Waals surface area contributed by atoms with Gasteiger partial charge in [0.25, 0.3) is 0 Å². The second-order valence-corrected chi connectivity index (χ2v) is 5.52. The van der Waals surface area contributed by atoms with Crippen LogP contribution in [0.25, 0.3) is 0 Å². The van der Waals surface area contributed by atoms with Gasteiger partial charge in [0.15, 0.2) is 0 Å². The summed E-state index contributed by atoms with van der Waals surface area (Å²) in [4.78, 5) is 23.9. The van der Waals surface area contributed by atoms with Gasteiger partial charge in [-0.25, -0.2) is 0 Å². The number of carboxylic acids is 1. The summed E-state index contributed by atoms with van der Waals surface area (Å²) >= 11 is 6.30. The summed E-state index contributed by atoms with van der Waals surface area (Å²) in [5.74, 6) is -0.661. The lowest BCUT2D eigenvalue weighted by Crippen LogP contribution is -2.45. The quantitative estimate of drug-likeness (QED) is 0.427. The Kier molecular flexibility index (Phi) is 6.55.